The van der Waals surface area contributed by atoms with Crippen LogP contribution in [-0.4, -0.2) is 32.7 Å². The lowest BCUT2D eigenvalue weighted by Gasteiger charge is -2.21. The van der Waals surface area contributed by atoms with Crippen molar-refractivity contribution in [3.05, 3.63) is 23.9 Å². The van der Waals surface area contributed by atoms with Crippen LogP contribution in [0.5, 0.6) is 0 Å². The van der Waals surface area contributed by atoms with Gasteiger partial charge in [0.15, 0.2) is 5.65 Å². The number of aromatic nitrogens is 4. The SMILES string of the molecule is Cc1cc2nnc(CC3CCCNC3)n2cn1. The molecule has 2 aromatic heterocycles. The summed E-state index contributed by atoms with van der Waals surface area (Å²) >= 11 is 0. The second-order valence-electron chi connectivity index (χ2n) is 4.79. The Bertz CT molecular complexity index is 513. The molecule has 1 aliphatic heterocycles. The molecule has 1 atom stereocenters. The first-order valence-corrected chi connectivity index (χ1v) is 6.20. The lowest BCUT2D eigenvalue weighted by molar-refractivity contribution is 0.370. The van der Waals surface area contributed by atoms with Crippen molar-refractivity contribution in [2.45, 2.75) is 26.2 Å². The molecule has 0 saturated carbocycles. The number of hydrogen-bond acceptors (Lipinski definition) is 4. The average molecular weight is 231 g/mol. The standard InChI is InChI=1S/C12H17N5/c1-9-5-11-15-16-12(17(11)8-14-9)6-10-3-2-4-13-7-10/h5,8,10,13H,2-4,6-7H2,1H3. The molecule has 90 valence electrons. The molecule has 1 aliphatic rings. The van der Waals surface area contributed by atoms with E-state index in [0.29, 0.717) is 5.92 Å². The van der Waals surface area contributed by atoms with Crippen LogP contribution < -0.4 is 5.32 Å². The summed E-state index contributed by atoms with van der Waals surface area (Å²) in [6.45, 7) is 4.21. The molecule has 5 nitrogen and oxygen atoms in total. The Labute approximate surface area is 100 Å². The summed E-state index contributed by atoms with van der Waals surface area (Å²) in [6.07, 6.45) is 5.36. The minimum Gasteiger partial charge on any atom is -0.316 e. The Morgan fingerprint density at radius 3 is 3.24 bits per heavy atom. The Balaban J connectivity index is 1.84. The highest BCUT2D eigenvalue weighted by atomic mass is 15.3. The van der Waals surface area contributed by atoms with E-state index in [2.05, 4.69) is 20.5 Å². The van der Waals surface area contributed by atoms with Gasteiger partial charge in [0.1, 0.15) is 12.2 Å². The van der Waals surface area contributed by atoms with Crippen molar-refractivity contribution in [2.24, 2.45) is 5.92 Å². The monoisotopic (exact) mass is 231 g/mol. The summed E-state index contributed by atoms with van der Waals surface area (Å²) in [7, 11) is 0. The maximum Gasteiger partial charge on any atom is 0.163 e. The molecule has 0 amide bonds. The van der Waals surface area contributed by atoms with Crippen molar-refractivity contribution in [1.82, 2.24) is 24.9 Å². The summed E-state index contributed by atoms with van der Waals surface area (Å²) in [6, 6.07) is 1.97. The van der Waals surface area contributed by atoms with Crippen LogP contribution in [0.2, 0.25) is 0 Å². The van der Waals surface area contributed by atoms with E-state index in [9.17, 15) is 0 Å². The van der Waals surface area contributed by atoms with Crippen LogP contribution in [0, 0.1) is 12.8 Å². The molecule has 0 spiro atoms. The van der Waals surface area contributed by atoms with E-state index >= 15 is 0 Å². The predicted molar refractivity (Wildman–Crippen MR) is 64.8 cm³/mol. The normalized spacial score (nSPS) is 20.9. The highest BCUT2D eigenvalue weighted by Crippen LogP contribution is 2.15. The Hall–Kier alpha value is -1.49. The Morgan fingerprint density at radius 2 is 2.41 bits per heavy atom. The molecular weight excluding hydrogens is 214 g/mol. The maximum atomic E-state index is 4.30. The Kier molecular flexibility index (Phi) is 2.76. The fraction of sp³-hybridized carbons (Fsp3) is 0.583. The first-order valence-electron chi connectivity index (χ1n) is 6.20. The molecule has 17 heavy (non-hydrogen) atoms. The topological polar surface area (TPSA) is 55.1 Å². The largest absolute Gasteiger partial charge is 0.316 e. The molecule has 0 radical (unpaired) electrons. The smallest absolute Gasteiger partial charge is 0.163 e. The van der Waals surface area contributed by atoms with Crippen molar-refractivity contribution < 1.29 is 0 Å². The second-order valence-corrected chi connectivity index (χ2v) is 4.79. The summed E-state index contributed by atoms with van der Waals surface area (Å²) in [5.41, 5.74) is 1.88. The highest BCUT2D eigenvalue weighted by molar-refractivity contribution is 5.38. The van der Waals surface area contributed by atoms with Crippen molar-refractivity contribution in [3.8, 4) is 0 Å². The van der Waals surface area contributed by atoms with Gasteiger partial charge < -0.3 is 5.32 Å². The second kappa shape index (κ2) is 4.41. The van der Waals surface area contributed by atoms with E-state index in [-0.39, 0.29) is 0 Å². The molecule has 0 aromatic carbocycles. The summed E-state index contributed by atoms with van der Waals surface area (Å²) in [5.74, 6) is 1.71. The van der Waals surface area contributed by atoms with Crippen LogP contribution in [0.3, 0.4) is 0 Å². The van der Waals surface area contributed by atoms with Crippen LogP contribution in [-0.2, 0) is 6.42 Å². The lowest BCUT2D eigenvalue weighted by Crippen LogP contribution is -2.31. The summed E-state index contributed by atoms with van der Waals surface area (Å²) in [5, 5.41) is 11.9. The van der Waals surface area contributed by atoms with Gasteiger partial charge in [0, 0.05) is 18.2 Å². The quantitative estimate of drug-likeness (QED) is 0.837. The van der Waals surface area contributed by atoms with Gasteiger partial charge in [-0.1, -0.05) is 0 Å². The number of nitrogens with one attached hydrogen (secondary N) is 1. The maximum absolute atomic E-state index is 4.30. The third-order valence-electron chi connectivity index (χ3n) is 3.38. The van der Waals surface area contributed by atoms with Gasteiger partial charge in [-0.05, 0) is 38.8 Å². The van der Waals surface area contributed by atoms with Gasteiger partial charge in [0.05, 0.1) is 0 Å². The molecular formula is C12H17N5. The van der Waals surface area contributed by atoms with Crippen LogP contribution in [0.1, 0.15) is 24.4 Å². The number of rotatable bonds is 2. The predicted octanol–water partition coefficient (Wildman–Crippen LogP) is 0.975. The fourth-order valence-electron chi connectivity index (χ4n) is 2.43. The van der Waals surface area contributed by atoms with Gasteiger partial charge in [-0.15, -0.1) is 10.2 Å². The zero-order valence-corrected chi connectivity index (χ0v) is 10.1. The van der Waals surface area contributed by atoms with Crippen LogP contribution in [0.4, 0.5) is 0 Å². The first kappa shape index (κ1) is 10.7. The van der Waals surface area contributed by atoms with Crippen molar-refractivity contribution >= 4 is 5.65 Å². The van der Waals surface area contributed by atoms with E-state index < -0.39 is 0 Å². The number of hydrogen-bond donors (Lipinski definition) is 1. The number of aryl methyl sites for hydroxylation is 1. The minimum atomic E-state index is 0.678. The highest BCUT2D eigenvalue weighted by Gasteiger charge is 2.16. The van der Waals surface area contributed by atoms with Gasteiger partial charge >= 0.3 is 0 Å². The van der Waals surface area contributed by atoms with Crippen LogP contribution >= 0.6 is 0 Å². The molecule has 1 unspecified atom stereocenters. The minimum absolute atomic E-state index is 0.678. The average Bonchev–Trinajstić information content (AvgIpc) is 2.73. The number of fused-ring (bicyclic) bond motifs is 1. The van der Waals surface area contributed by atoms with Crippen molar-refractivity contribution in [3.63, 3.8) is 0 Å². The zero-order chi connectivity index (χ0) is 11.7. The molecule has 1 fully saturated rings. The van der Waals surface area contributed by atoms with Gasteiger partial charge in [0.2, 0.25) is 0 Å². The van der Waals surface area contributed by atoms with Crippen LogP contribution in [0.15, 0.2) is 12.4 Å². The molecule has 1 saturated heterocycles. The molecule has 1 N–H and O–H groups in total. The molecule has 0 bridgehead atoms. The van der Waals surface area contributed by atoms with E-state index in [1.54, 1.807) is 0 Å². The van der Waals surface area contributed by atoms with Crippen molar-refractivity contribution in [1.29, 1.82) is 0 Å². The molecule has 0 aliphatic carbocycles. The third-order valence-corrected chi connectivity index (χ3v) is 3.38. The Morgan fingerprint density at radius 1 is 1.47 bits per heavy atom. The molecule has 3 heterocycles. The van der Waals surface area contributed by atoms with E-state index in [1.807, 2.05) is 23.7 Å². The number of piperidine rings is 1. The van der Waals surface area contributed by atoms with Gasteiger partial charge in [-0.3, -0.25) is 4.40 Å². The molecule has 3 rings (SSSR count). The fourth-order valence-corrected chi connectivity index (χ4v) is 2.43. The summed E-state index contributed by atoms with van der Waals surface area (Å²) in [4.78, 5) is 4.30. The third kappa shape index (κ3) is 2.15. The van der Waals surface area contributed by atoms with E-state index in [1.165, 1.54) is 12.8 Å². The molecule has 5 heteroatoms. The summed E-state index contributed by atoms with van der Waals surface area (Å²) < 4.78 is 2.00. The van der Waals surface area contributed by atoms with Gasteiger partial charge in [-0.25, -0.2) is 4.98 Å². The van der Waals surface area contributed by atoms with Gasteiger partial charge in [0.25, 0.3) is 0 Å². The van der Waals surface area contributed by atoms with Gasteiger partial charge in [-0.2, -0.15) is 0 Å². The molecule has 2 aromatic rings. The van der Waals surface area contributed by atoms with Crippen LogP contribution in [0.25, 0.3) is 5.65 Å². The first-order chi connectivity index (χ1) is 8.33. The lowest BCUT2D eigenvalue weighted by atomic mass is 9.96. The number of nitrogens with zero attached hydrogens (tertiary/aromatic N) is 4. The van der Waals surface area contributed by atoms with Crippen molar-refractivity contribution in [2.75, 3.05) is 13.1 Å². The van der Waals surface area contributed by atoms with E-state index in [4.69, 9.17) is 0 Å². The zero-order valence-electron chi connectivity index (χ0n) is 10.1. The van der Waals surface area contributed by atoms with E-state index in [0.717, 1.165) is 36.7 Å².